The van der Waals surface area contributed by atoms with Crippen LogP contribution < -0.4 is 10.1 Å². The van der Waals surface area contributed by atoms with Crippen molar-refractivity contribution < 1.29 is 4.74 Å². The molecule has 4 nitrogen and oxygen atoms in total. The lowest BCUT2D eigenvalue weighted by atomic mass is 10.0. The van der Waals surface area contributed by atoms with E-state index in [1.54, 1.807) is 0 Å². The summed E-state index contributed by atoms with van der Waals surface area (Å²) in [6.07, 6.45) is 2.83. The molecule has 0 fully saturated rings. The van der Waals surface area contributed by atoms with Crippen molar-refractivity contribution in [3.63, 3.8) is 0 Å². The van der Waals surface area contributed by atoms with Crippen LogP contribution in [0.5, 0.6) is 5.75 Å². The van der Waals surface area contributed by atoms with Gasteiger partial charge in [0.1, 0.15) is 11.9 Å². The minimum absolute atomic E-state index is 0.0918. The number of likely N-dealkylation sites (N-methyl/N-ethyl adjacent to an activating group) is 1. The van der Waals surface area contributed by atoms with Crippen molar-refractivity contribution >= 4 is 15.9 Å². The van der Waals surface area contributed by atoms with E-state index in [1.165, 1.54) is 5.56 Å². The first-order valence-electron chi connectivity index (χ1n) is 6.30. The topological polar surface area (TPSA) is 39.1 Å². The first-order chi connectivity index (χ1) is 9.20. The Kier molecular flexibility index (Phi) is 3.33. The molecule has 2 aromatic rings. The number of halogens is 1. The molecule has 5 heteroatoms. The van der Waals surface area contributed by atoms with E-state index in [2.05, 4.69) is 38.5 Å². The first kappa shape index (κ1) is 12.7. The highest BCUT2D eigenvalue weighted by atomic mass is 79.9. The Morgan fingerprint density at radius 2 is 2.26 bits per heavy atom. The maximum Gasteiger partial charge on any atom is 0.124 e. The summed E-state index contributed by atoms with van der Waals surface area (Å²) in [5.41, 5.74) is 2.38. The van der Waals surface area contributed by atoms with Crippen molar-refractivity contribution in [2.45, 2.75) is 18.6 Å². The molecule has 0 spiro atoms. The van der Waals surface area contributed by atoms with Gasteiger partial charge in [-0.3, -0.25) is 4.68 Å². The quantitative estimate of drug-likeness (QED) is 0.943. The summed E-state index contributed by atoms with van der Waals surface area (Å²) in [6, 6.07) is 8.32. The number of ether oxygens (including phenoxy) is 1. The molecule has 0 radical (unpaired) electrons. The fourth-order valence-electron chi connectivity index (χ4n) is 2.66. The van der Waals surface area contributed by atoms with Gasteiger partial charge in [-0.2, -0.15) is 5.10 Å². The highest BCUT2D eigenvalue weighted by Gasteiger charge is 2.33. The molecule has 1 N–H and O–H groups in total. The lowest BCUT2D eigenvalue weighted by Crippen LogP contribution is -2.34. The van der Waals surface area contributed by atoms with Gasteiger partial charge in [-0.15, -0.1) is 0 Å². The Bertz CT molecular complexity index is 552. The molecule has 1 aromatic carbocycles. The predicted molar refractivity (Wildman–Crippen MR) is 77.3 cm³/mol. The summed E-state index contributed by atoms with van der Waals surface area (Å²) in [7, 11) is 3.91. The largest absolute Gasteiger partial charge is 0.488 e. The third-order valence-corrected chi connectivity index (χ3v) is 4.20. The molecule has 1 aliphatic heterocycles. The highest BCUT2D eigenvalue weighted by molar-refractivity contribution is 9.10. The molecule has 0 saturated heterocycles. The molecule has 1 aliphatic rings. The average molecular weight is 322 g/mol. The molecule has 0 bridgehead atoms. The zero-order valence-electron chi connectivity index (χ0n) is 10.9. The number of nitrogens with zero attached hydrogens (tertiary/aromatic N) is 2. The van der Waals surface area contributed by atoms with Gasteiger partial charge in [-0.05, 0) is 34.6 Å². The number of fused-ring (bicyclic) bond motifs is 1. The molecule has 0 amide bonds. The zero-order valence-corrected chi connectivity index (χ0v) is 12.5. The van der Waals surface area contributed by atoms with E-state index < -0.39 is 0 Å². The first-order valence-corrected chi connectivity index (χ1v) is 7.09. The maximum absolute atomic E-state index is 6.07. The highest BCUT2D eigenvalue weighted by Crippen LogP contribution is 2.35. The van der Waals surface area contributed by atoms with E-state index in [9.17, 15) is 0 Å². The van der Waals surface area contributed by atoms with Crippen molar-refractivity contribution in [2.75, 3.05) is 7.05 Å². The molecule has 0 saturated carbocycles. The van der Waals surface area contributed by atoms with Crippen LogP contribution in [0.1, 0.15) is 17.3 Å². The minimum atomic E-state index is 0.0918. The van der Waals surface area contributed by atoms with Gasteiger partial charge in [0.15, 0.2) is 0 Å². The average Bonchev–Trinajstić information content (AvgIpc) is 2.97. The van der Waals surface area contributed by atoms with Gasteiger partial charge in [0.25, 0.3) is 0 Å². The summed E-state index contributed by atoms with van der Waals surface area (Å²) in [4.78, 5) is 0. The molecule has 3 rings (SSSR count). The molecular formula is C14H16BrN3O. The second-order valence-corrected chi connectivity index (χ2v) is 5.59. The van der Waals surface area contributed by atoms with Crippen LogP contribution >= 0.6 is 15.9 Å². The third-order valence-electron chi connectivity index (χ3n) is 3.59. The Morgan fingerprint density at radius 3 is 2.89 bits per heavy atom. The molecule has 19 heavy (non-hydrogen) atoms. The number of nitrogens with one attached hydrogen (secondary N) is 1. The Hall–Kier alpha value is -1.33. The molecule has 100 valence electrons. The number of para-hydroxylation sites is 1. The van der Waals surface area contributed by atoms with Crippen molar-refractivity contribution in [3.05, 3.63) is 46.2 Å². The summed E-state index contributed by atoms with van der Waals surface area (Å²) < 4.78 is 8.96. The number of hydrogen-bond acceptors (Lipinski definition) is 3. The standard InChI is InChI=1S/C14H16BrN3O/c1-16-13(14-10(15)8-17-18(14)2)12-7-9-5-3-4-6-11(9)19-12/h3-6,8,12-13,16H,7H2,1-2H3. The van der Waals surface area contributed by atoms with Gasteiger partial charge in [0, 0.05) is 13.5 Å². The lowest BCUT2D eigenvalue weighted by molar-refractivity contribution is 0.178. The van der Waals surface area contributed by atoms with Crippen molar-refractivity contribution in [1.82, 2.24) is 15.1 Å². The van der Waals surface area contributed by atoms with E-state index in [0.717, 1.165) is 22.3 Å². The third kappa shape index (κ3) is 2.17. The Balaban J connectivity index is 1.90. The van der Waals surface area contributed by atoms with E-state index in [4.69, 9.17) is 4.74 Å². The van der Waals surface area contributed by atoms with E-state index in [-0.39, 0.29) is 12.1 Å². The summed E-state index contributed by atoms with van der Waals surface area (Å²) in [5, 5.41) is 7.63. The zero-order chi connectivity index (χ0) is 13.4. The number of rotatable bonds is 3. The molecule has 1 aromatic heterocycles. The van der Waals surface area contributed by atoms with Crippen LogP contribution in [-0.2, 0) is 13.5 Å². The minimum Gasteiger partial charge on any atom is -0.488 e. The fraction of sp³-hybridized carbons (Fsp3) is 0.357. The van der Waals surface area contributed by atoms with E-state index >= 15 is 0 Å². The van der Waals surface area contributed by atoms with Crippen molar-refractivity contribution in [2.24, 2.45) is 7.05 Å². The van der Waals surface area contributed by atoms with Gasteiger partial charge in [-0.1, -0.05) is 18.2 Å². The summed E-state index contributed by atoms with van der Waals surface area (Å²) in [6.45, 7) is 0. The Morgan fingerprint density at radius 1 is 1.47 bits per heavy atom. The number of benzene rings is 1. The van der Waals surface area contributed by atoms with Gasteiger partial charge >= 0.3 is 0 Å². The molecular weight excluding hydrogens is 306 g/mol. The maximum atomic E-state index is 6.07. The predicted octanol–water partition coefficient (Wildman–Crippen LogP) is 2.45. The molecule has 2 atom stereocenters. The van der Waals surface area contributed by atoms with Gasteiger partial charge < -0.3 is 10.1 Å². The van der Waals surface area contributed by atoms with Crippen LogP contribution in [0.4, 0.5) is 0 Å². The van der Waals surface area contributed by atoms with Crippen LogP contribution in [0.15, 0.2) is 34.9 Å². The second-order valence-electron chi connectivity index (χ2n) is 4.74. The van der Waals surface area contributed by atoms with E-state index in [0.29, 0.717) is 0 Å². The summed E-state index contributed by atoms with van der Waals surface area (Å²) in [5.74, 6) is 0.992. The van der Waals surface area contributed by atoms with Crippen molar-refractivity contribution in [1.29, 1.82) is 0 Å². The SMILES string of the molecule is CNC(c1c(Br)cnn1C)C1Cc2ccccc2O1. The molecule has 2 heterocycles. The van der Waals surface area contributed by atoms with Gasteiger partial charge in [0.05, 0.1) is 22.4 Å². The smallest absolute Gasteiger partial charge is 0.124 e. The number of aromatic nitrogens is 2. The Labute approximate surface area is 120 Å². The van der Waals surface area contributed by atoms with Crippen LogP contribution in [0.2, 0.25) is 0 Å². The van der Waals surface area contributed by atoms with Crippen LogP contribution in [0, 0.1) is 0 Å². The monoisotopic (exact) mass is 321 g/mol. The van der Waals surface area contributed by atoms with E-state index in [1.807, 2.05) is 37.1 Å². The van der Waals surface area contributed by atoms with Crippen LogP contribution in [0.25, 0.3) is 0 Å². The normalized spacial score (nSPS) is 19.0. The fourth-order valence-corrected chi connectivity index (χ4v) is 3.26. The van der Waals surface area contributed by atoms with Crippen molar-refractivity contribution in [3.8, 4) is 5.75 Å². The molecule has 2 unspecified atom stereocenters. The number of aryl methyl sites for hydroxylation is 1. The van der Waals surface area contributed by atoms with Crippen LogP contribution in [-0.4, -0.2) is 22.9 Å². The lowest BCUT2D eigenvalue weighted by Gasteiger charge is -2.23. The summed E-state index contributed by atoms with van der Waals surface area (Å²) >= 11 is 3.56. The van der Waals surface area contributed by atoms with Gasteiger partial charge in [-0.25, -0.2) is 0 Å². The molecule has 0 aliphatic carbocycles. The van der Waals surface area contributed by atoms with Crippen LogP contribution in [0.3, 0.4) is 0 Å². The van der Waals surface area contributed by atoms with Gasteiger partial charge in [0.2, 0.25) is 0 Å². The number of hydrogen-bond donors (Lipinski definition) is 1. The second kappa shape index (κ2) is 4.98.